The smallest absolute Gasteiger partial charge is 0.308 e. The minimum Gasteiger partial charge on any atom is -0.492 e. The monoisotopic (exact) mass is 913 g/mol. The normalized spacial score (nSPS) is 16.1. The average Bonchev–Trinajstić information content (AvgIpc) is 3.37. The number of hydrogen-bond donors (Lipinski definition) is 0. The Morgan fingerprint density at radius 2 is 0.882 bits per heavy atom. The largest absolute Gasteiger partial charge is 0.492 e. The van der Waals surface area contributed by atoms with Gasteiger partial charge in [-0.1, -0.05) is 123 Å². The Bertz CT molecular complexity index is 2440. The molecule has 2 unspecified atom stereocenters. The summed E-state index contributed by atoms with van der Waals surface area (Å²) < 4.78 is 34.8. The molecule has 6 aromatic carbocycles. The van der Waals surface area contributed by atoms with Crippen molar-refractivity contribution in [1.29, 1.82) is 0 Å². The van der Waals surface area contributed by atoms with E-state index in [0.717, 1.165) is 116 Å². The molecule has 0 amide bonds. The van der Waals surface area contributed by atoms with Gasteiger partial charge in [0, 0.05) is 26.3 Å². The van der Waals surface area contributed by atoms with Crippen LogP contribution >= 0.6 is 0 Å². The van der Waals surface area contributed by atoms with Gasteiger partial charge in [0.1, 0.15) is 29.6 Å². The summed E-state index contributed by atoms with van der Waals surface area (Å²) in [5.74, 6) is 2.77. The van der Waals surface area contributed by atoms with E-state index in [4.69, 9.17) is 28.4 Å². The number of rotatable bonds is 17. The van der Waals surface area contributed by atoms with E-state index >= 15 is 0 Å². The van der Waals surface area contributed by atoms with Crippen molar-refractivity contribution >= 4 is 28.3 Å². The highest BCUT2D eigenvalue weighted by molar-refractivity contribution is 5.99. The highest BCUT2D eigenvalue weighted by Crippen LogP contribution is 2.38. The van der Waals surface area contributed by atoms with Crippen LogP contribution in [0.1, 0.15) is 106 Å². The van der Waals surface area contributed by atoms with Gasteiger partial charge in [0.2, 0.25) is 0 Å². The Morgan fingerprint density at radius 3 is 1.22 bits per heavy atom. The zero-order valence-corrected chi connectivity index (χ0v) is 40.5. The van der Waals surface area contributed by atoms with Crippen molar-refractivity contribution in [1.82, 2.24) is 4.90 Å². The van der Waals surface area contributed by atoms with E-state index in [1.54, 1.807) is 0 Å². The predicted molar refractivity (Wildman–Crippen MR) is 275 cm³/mol. The fraction of sp³-hybridized carbons (Fsp3) is 0.317. The van der Waals surface area contributed by atoms with Crippen LogP contribution in [0.4, 0.5) is 0 Å². The lowest BCUT2D eigenvalue weighted by Gasteiger charge is -2.24. The number of nitrogens with zero attached hydrogens (tertiary/aromatic N) is 1. The van der Waals surface area contributed by atoms with Crippen molar-refractivity contribution in [2.75, 3.05) is 40.5 Å². The Kier molecular flexibility index (Phi) is 18.6. The van der Waals surface area contributed by atoms with Crippen LogP contribution in [-0.2, 0) is 14.3 Å². The highest BCUT2D eigenvalue weighted by Gasteiger charge is 2.19. The van der Waals surface area contributed by atoms with Gasteiger partial charge in [-0.15, -0.1) is 0 Å². The third-order valence-electron chi connectivity index (χ3n) is 12.0. The maximum Gasteiger partial charge on any atom is 0.308 e. The van der Waals surface area contributed by atoms with Gasteiger partial charge in [0.25, 0.3) is 0 Å². The van der Waals surface area contributed by atoms with Crippen molar-refractivity contribution in [3.8, 4) is 23.0 Å². The number of hydrogen-bond acceptors (Lipinski definition) is 8. The van der Waals surface area contributed by atoms with Crippen LogP contribution in [0.3, 0.4) is 0 Å². The molecule has 0 N–H and O–H groups in total. The summed E-state index contributed by atoms with van der Waals surface area (Å²) in [5, 5.41) is 0. The third kappa shape index (κ3) is 14.3. The van der Waals surface area contributed by atoms with Gasteiger partial charge in [-0.3, -0.25) is 4.79 Å². The topological polar surface area (TPSA) is 75.7 Å². The number of carbonyl (C=O) groups is 1. The summed E-state index contributed by atoms with van der Waals surface area (Å²) in [7, 11) is 4.07. The summed E-state index contributed by atoms with van der Waals surface area (Å²) in [6.45, 7) is 8.88. The first-order chi connectivity index (χ1) is 33.3. The fourth-order valence-electron chi connectivity index (χ4n) is 8.59. The van der Waals surface area contributed by atoms with Gasteiger partial charge in [0.15, 0.2) is 12.6 Å². The molecule has 2 saturated heterocycles. The maximum atomic E-state index is 11.3. The number of benzene rings is 6. The van der Waals surface area contributed by atoms with Crippen LogP contribution in [0.15, 0.2) is 158 Å². The van der Waals surface area contributed by atoms with Crippen LogP contribution in [0.2, 0.25) is 0 Å². The quantitative estimate of drug-likeness (QED) is 0.0509. The summed E-state index contributed by atoms with van der Waals surface area (Å²) >= 11 is 0. The highest BCUT2D eigenvalue weighted by atomic mass is 16.7. The van der Waals surface area contributed by atoms with Crippen molar-refractivity contribution in [2.45, 2.75) is 84.7 Å². The number of esters is 1. The first-order valence-electron chi connectivity index (χ1n) is 24.3. The van der Waals surface area contributed by atoms with E-state index in [0.29, 0.717) is 12.4 Å². The van der Waals surface area contributed by atoms with Gasteiger partial charge >= 0.3 is 5.97 Å². The van der Waals surface area contributed by atoms with E-state index in [1.165, 1.54) is 34.8 Å². The summed E-state index contributed by atoms with van der Waals surface area (Å²) in [4.78, 5) is 13.4. The SMILES string of the molecule is CC/C(=C(/c1ccc(OCCN(C)C)cc1)c1ccc(OC(C)=O)cc1)c1ccccc1.CCC(=C(c1ccc(OC2CCCCO2)cc1)c1ccc(OC2CCCCO2)cc1)c1ccccc1. The fourth-order valence-corrected chi connectivity index (χ4v) is 8.59. The second-order valence-electron chi connectivity index (χ2n) is 17.3. The van der Waals surface area contributed by atoms with Gasteiger partial charge in [-0.25, -0.2) is 0 Å². The minimum atomic E-state index is -0.322. The average molecular weight is 914 g/mol. The molecule has 0 saturated carbocycles. The zero-order chi connectivity index (χ0) is 47.5. The Morgan fingerprint density at radius 1 is 0.500 bits per heavy atom. The number of allylic oxidation sites excluding steroid dienone is 2. The number of carbonyl (C=O) groups excluding carboxylic acids is 1. The second-order valence-corrected chi connectivity index (χ2v) is 17.3. The molecule has 2 fully saturated rings. The molecule has 2 atom stereocenters. The Labute approximate surface area is 404 Å². The van der Waals surface area contributed by atoms with Gasteiger partial charge < -0.3 is 33.3 Å². The molecule has 2 aliphatic rings. The van der Waals surface area contributed by atoms with Crippen molar-refractivity contribution < 1.29 is 33.2 Å². The molecule has 8 rings (SSSR count). The van der Waals surface area contributed by atoms with E-state index in [1.807, 2.05) is 56.6 Å². The van der Waals surface area contributed by atoms with E-state index in [-0.39, 0.29) is 18.5 Å². The number of ether oxygens (including phenoxy) is 6. The predicted octanol–water partition coefficient (Wildman–Crippen LogP) is 13.8. The lowest BCUT2D eigenvalue weighted by Crippen LogP contribution is -2.24. The van der Waals surface area contributed by atoms with Crippen molar-refractivity contribution in [3.63, 3.8) is 0 Å². The summed E-state index contributed by atoms with van der Waals surface area (Å²) in [6.07, 6.45) is 7.94. The molecule has 2 aliphatic heterocycles. The molecule has 8 nitrogen and oxygen atoms in total. The molecule has 6 aromatic rings. The van der Waals surface area contributed by atoms with Gasteiger partial charge in [-0.05, 0) is 157 Å². The first kappa shape index (κ1) is 49.5. The van der Waals surface area contributed by atoms with Crippen LogP contribution < -0.4 is 18.9 Å². The molecule has 0 radical (unpaired) electrons. The van der Waals surface area contributed by atoms with Crippen LogP contribution in [0, 0.1) is 0 Å². The third-order valence-corrected chi connectivity index (χ3v) is 12.0. The zero-order valence-electron chi connectivity index (χ0n) is 40.5. The standard InChI is InChI=1S/C32H36O4.C28H31NO3/c1-2-29(24-10-4-3-5-11-24)32(25-14-18-27(19-15-25)35-30-12-6-8-22-33-30)26-16-20-28(21-17-26)36-31-13-7-9-23-34-31;1-5-27(22-9-7-6-8-10-22)28(24-13-17-26(18-14-24)32-21(2)30)23-11-15-25(16-12-23)31-20-19-29(3)4/h3-5,10-11,14-21,30-31H,2,6-9,12-13,22-23H2,1H3;6-18H,5,19-20H2,1-4H3/b;28-27+. The molecule has 354 valence electrons. The molecule has 0 aliphatic carbocycles. The minimum absolute atomic E-state index is 0.143. The van der Waals surface area contributed by atoms with E-state index in [9.17, 15) is 4.79 Å². The molecule has 0 bridgehead atoms. The molecule has 0 spiro atoms. The number of likely N-dealkylation sites (N-methyl/N-ethyl adjacent to an activating group) is 1. The Balaban J connectivity index is 0.000000203. The van der Waals surface area contributed by atoms with Crippen LogP contribution in [0.5, 0.6) is 23.0 Å². The first-order valence-corrected chi connectivity index (χ1v) is 24.3. The molecule has 68 heavy (non-hydrogen) atoms. The maximum absolute atomic E-state index is 11.3. The molecule has 8 heteroatoms. The van der Waals surface area contributed by atoms with Crippen molar-refractivity contribution in [2.24, 2.45) is 0 Å². The second kappa shape index (κ2) is 25.6. The Hall–Kier alpha value is -6.45. The lowest BCUT2D eigenvalue weighted by molar-refractivity contribution is -0.131. The van der Waals surface area contributed by atoms with Crippen molar-refractivity contribution in [3.05, 3.63) is 191 Å². The molecular weight excluding hydrogens is 847 g/mol. The van der Waals surface area contributed by atoms with E-state index in [2.05, 4.69) is 134 Å². The molecule has 2 heterocycles. The summed E-state index contributed by atoms with van der Waals surface area (Å²) in [6, 6.07) is 53.9. The van der Waals surface area contributed by atoms with E-state index < -0.39 is 0 Å². The van der Waals surface area contributed by atoms with Gasteiger partial charge in [0.05, 0.1) is 13.2 Å². The van der Waals surface area contributed by atoms with Crippen LogP contribution in [0.25, 0.3) is 22.3 Å². The molecular formula is C60H67NO7. The molecule has 0 aromatic heterocycles. The lowest BCUT2D eigenvalue weighted by atomic mass is 9.88. The van der Waals surface area contributed by atoms with Gasteiger partial charge in [-0.2, -0.15) is 0 Å². The van der Waals surface area contributed by atoms with Crippen LogP contribution in [-0.4, -0.2) is 63.9 Å². The summed E-state index contributed by atoms with van der Waals surface area (Å²) in [5.41, 5.74) is 11.9.